The van der Waals surface area contributed by atoms with Gasteiger partial charge >= 0.3 is 0 Å². The molecule has 1 fully saturated rings. The van der Waals surface area contributed by atoms with E-state index in [1.165, 1.54) is 19.1 Å². The first-order valence-electron chi connectivity index (χ1n) is 7.34. The molecular formula is C15H23FN2O2S. The number of halogens is 1. The van der Waals surface area contributed by atoms with E-state index in [0.29, 0.717) is 11.8 Å². The van der Waals surface area contributed by atoms with Gasteiger partial charge in [-0.25, -0.2) is 17.5 Å². The summed E-state index contributed by atoms with van der Waals surface area (Å²) in [5.41, 5.74) is 5.63. The Morgan fingerprint density at radius 2 is 2.05 bits per heavy atom. The molecule has 1 aromatic carbocycles. The van der Waals surface area contributed by atoms with Gasteiger partial charge in [0.2, 0.25) is 10.0 Å². The minimum atomic E-state index is -3.67. The van der Waals surface area contributed by atoms with Crippen LogP contribution >= 0.6 is 0 Å². The maximum absolute atomic E-state index is 13.5. The molecule has 1 aromatic rings. The van der Waals surface area contributed by atoms with E-state index < -0.39 is 15.8 Å². The van der Waals surface area contributed by atoms with Crippen LogP contribution in [0.25, 0.3) is 0 Å². The van der Waals surface area contributed by atoms with Gasteiger partial charge in [0.1, 0.15) is 5.82 Å². The van der Waals surface area contributed by atoms with Gasteiger partial charge in [0.05, 0.1) is 10.6 Å². The molecule has 6 heteroatoms. The molecule has 0 amide bonds. The fraction of sp³-hybridized carbons (Fsp3) is 0.600. The molecule has 0 radical (unpaired) electrons. The molecule has 0 aromatic heterocycles. The fourth-order valence-electron chi connectivity index (χ4n) is 3.18. The molecule has 2 rings (SSSR count). The van der Waals surface area contributed by atoms with Gasteiger partial charge in [-0.15, -0.1) is 0 Å². The first kappa shape index (κ1) is 16.2. The number of aryl methyl sites for hydroxylation is 1. The summed E-state index contributed by atoms with van der Waals surface area (Å²) >= 11 is 0. The van der Waals surface area contributed by atoms with Gasteiger partial charge in [0.15, 0.2) is 0 Å². The number of nitrogens with two attached hydrogens (primary N) is 1. The van der Waals surface area contributed by atoms with Crippen molar-refractivity contribution in [3.05, 3.63) is 23.5 Å². The fourth-order valence-corrected chi connectivity index (χ4v) is 4.66. The van der Waals surface area contributed by atoms with Gasteiger partial charge in [-0.05, 0) is 49.3 Å². The number of hydrogen-bond donors (Lipinski definition) is 2. The number of rotatable bonds is 4. The first-order valence-corrected chi connectivity index (χ1v) is 8.82. The Kier molecular flexibility index (Phi) is 4.58. The maximum atomic E-state index is 13.5. The highest BCUT2D eigenvalue weighted by Gasteiger charge is 2.34. The summed E-state index contributed by atoms with van der Waals surface area (Å²) in [6.07, 6.45) is 2.94. The molecule has 118 valence electrons. The topological polar surface area (TPSA) is 72.2 Å². The Morgan fingerprint density at radius 3 is 2.57 bits per heavy atom. The van der Waals surface area contributed by atoms with Gasteiger partial charge in [0.25, 0.3) is 0 Å². The summed E-state index contributed by atoms with van der Waals surface area (Å²) in [7, 11) is -3.67. The molecule has 3 unspecified atom stereocenters. The molecule has 1 aliphatic carbocycles. The van der Waals surface area contributed by atoms with Crippen LogP contribution in [0.4, 0.5) is 10.1 Å². The highest BCUT2D eigenvalue weighted by Crippen LogP contribution is 2.34. The van der Waals surface area contributed by atoms with Gasteiger partial charge in [0, 0.05) is 6.04 Å². The van der Waals surface area contributed by atoms with Crippen molar-refractivity contribution >= 4 is 15.7 Å². The van der Waals surface area contributed by atoms with Crippen molar-refractivity contribution < 1.29 is 12.8 Å². The molecule has 21 heavy (non-hydrogen) atoms. The van der Waals surface area contributed by atoms with Crippen LogP contribution in [0.1, 0.15) is 38.7 Å². The lowest BCUT2D eigenvalue weighted by Gasteiger charge is -2.21. The van der Waals surface area contributed by atoms with Crippen LogP contribution in [0.15, 0.2) is 17.0 Å². The summed E-state index contributed by atoms with van der Waals surface area (Å²) in [5.74, 6) is 0.302. The predicted octanol–water partition coefficient (Wildman–Crippen LogP) is 2.82. The number of benzene rings is 1. The van der Waals surface area contributed by atoms with Crippen LogP contribution in [0.2, 0.25) is 0 Å². The van der Waals surface area contributed by atoms with Crippen molar-refractivity contribution in [2.45, 2.75) is 51.0 Å². The quantitative estimate of drug-likeness (QED) is 0.839. The third-order valence-electron chi connectivity index (χ3n) is 4.62. The summed E-state index contributed by atoms with van der Waals surface area (Å²) in [6, 6.07) is 2.44. The molecule has 0 spiro atoms. The van der Waals surface area contributed by atoms with Crippen molar-refractivity contribution in [3.8, 4) is 0 Å². The Labute approximate surface area is 126 Å². The van der Waals surface area contributed by atoms with Crippen LogP contribution in [0.3, 0.4) is 0 Å². The van der Waals surface area contributed by atoms with Crippen molar-refractivity contribution in [1.82, 2.24) is 4.72 Å². The lowest BCUT2D eigenvalue weighted by molar-refractivity contribution is 0.368. The smallest absolute Gasteiger partial charge is 0.240 e. The lowest BCUT2D eigenvalue weighted by Crippen LogP contribution is -2.37. The Balaban J connectivity index is 2.24. The molecule has 0 bridgehead atoms. The minimum absolute atomic E-state index is 0.0334. The van der Waals surface area contributed by atoms with E-state index >= 15 is 0 Å². The summed E-state index contributed by atoms with van der Waals surface area (Å²) < 4.78 is 41.2. The molecule has 3 atom stereocenters. The molecule has 1 saturated carbocycles. The molecule has 4 nitrogen and oxygen atoms in total. The second-order valence-corrected chi connectivity index (χ2v) is 7.69. The number of sulfonamides is 1. The summed E-state index contributed by atoms with van der Waals surface area (Å²) in [4.78, 5) is 0.0334. The standard InChI is InChI=1S/C15H23FN2O2S/c1-4-11-5-6-14(10(11)3)18-21(19,20)12-7-9(2)15(16)13(17)8-12/h7-8,10-11,14,18H,4-6,17H2,1-3H3. The zero-order valence-electron chi connectivity index (χ0n) is 12.7. The Morgan fingerprint density at radius 1 is 1.38 bits per heavy atom. The van der Waals surface area contributed by atoms with E-state index in [1.54, 1.807) is 0 Å². The second-order valence-electron chi connectivity index (χ2n) is 5.98. The Hall–Kier alpha value is -1.14. The van der Waals surface area contributed by atoms with Gasteiger partial charge in [-0.3, -0.25) is 0 Å². The average Bonchev–Trinajstić information content (AvgIpc) is 2.75. The number of nitrogens with one attached hydrogen (secondary N) is 1. The van der Waals surface area contributed by atoms with Gasteiger partial charge < -0.3 is 5.73 Å². The van der Waals surface area contributed by atoms with E-state index in [4.69, 9.17) is 5.73 Å². The largest absolute Gasteiger partial charge is 0.396 e. The Bertz CT molecular complexity index is 608. The van der Waals surface area contributed by atoms with Crippen molar-refractivity contribution in [2.24, 2.45) is 11.8 Å². The maximum Gasteiger partial charge on any atom is 0.240 e. The van der Waals surface area contributed by atoms with Gasteiger partial charge in [-0.2, -0.15) is 0 Å². The van der Waals surface area contributed by atoms with Gasteiger partial charge in [-0.1, -0.05) is 20.3 Å². The summed E-state index contributed by atoms with van der Waals surface area (Å²) in [5, 5.41) is 0. The molecule has 0 aliphatic heterocycles. The second kappa shape index (κ2) is 5.93. The van der Waals surface area contributed by atoms with Crippen molar-refractivity contribution in [3.63, 3.8) is 0 Å². The van der Waals surface area contributed by atoms with Crippen molar-refractivity contribution in [1.29, 1.82) is 0 Å². The molecular weight excluding hydrogens is 291 g/mol. The normalized spacial score (nSPS) is 26.2. The number of hydrogen-bond acceptors (Lipinski definition) is 3. The highest BCUT2D eigenvalue weighted by molar-refractivity contribution is 7.89. The van der Waals surface area contributed by atoms with E-state index in [-0.39, 0.29) is 22.2 Å². The van der Waals surface area contributed by atoms with E-state index in [2.05, 4.69) is 18.6 Å². The molecule has 0 heterocycles. The zero-order valence-corrected chi connectivity index (χ0v) is 13.5. The highest BCUT2D eigenvalue weighted by atomic mass is 32.2. The third kappa shape index (κ3) is 3.21. The van der Waals surface area contributed by atoms with Crippen LogP contribution in [-0.2, 0) is 10.0 Å². The molecule has 1 aliphatic rings. The SMILES string of the molecule is CCC1CCC(NS(=O)(=O)c2cc(C)c(F)c(N)c2)C1C. The first-order chi connectivity index (χ1) is 9.76. The summed E-state index contributed by atoms with van der Waals surface area (Å²) in [6.45, 7) is 5.72. The van der Waals surface area contributed by atoms with Crippen molar-refractivity contribution in [2.75, 3.05) is 5.73 Å². The van der Waals surface area contributed by atoms with Crippen LogP contribution in [0.5, 0.6) is 0 Å². The monoisotopic (exact) mass is 314 g/mol. The van der Waals surface area contributed by atoms with E-state index in [9.17, 15) is 12.8 Å². The van der Waals surface area contributed by atoms with Crippen LogP contribution < -0.4 is 10.5 Å². The average molecular weight is 314 g/mol. The van der Waals surface area contributed by atoms with E-state index in [0.717, 1.165) is 19.3 Å². The number of nitrogen functional groups attached to an aromatic ring is 1. The van der Waals surface area contributed by atoms with Crippen LogP contribution in [-0.4, -0.2) is 14.5 Å². The van der Waals surface area contributed by atoms with Crippen LogP contribution in [0, 0.1) is 24.6 Å². The molecule has 3 N–H and O–H groups in total. The predicted molar refractivity (Wildman–Crippen MR) is 81.8 cm³/mol. The third-order valence-corrected chi connectivity index (χ3v) is 6.09. The molecule has 0 saturated heterocycles. The minimum Gasteiger partial charge on any atom is -0.396 e. The van der Waals surface area contributed by atoms with E-state index in [1.807, 2.05) is 0 Å². The number of anilines is 1. The zero-order chi connectivity index (χ0) is 15.8. The lowest BCUT2D eigenvalue weighted by atomic mass is 9.94.